The molecule has 10 aromatic rings. The van der Waals surface area contributed by atoms with E-state index in [9.17, 15) is 5.11 Å². The highest BCUT2D eigenvalue weighted by Crippen LogP contribution is 2.47. The van der Waals surface area contributed by atoms with E-state index in [2.05, 4.69) is 210 Å². The molecule has 0 atom stereocenters. The van der Waals surface area contributed by atoms with Crippen molar-refractivity contribution in [2.75, 3.05) is 9.80 Å². The molecule has 0 saturated carbocycles. The van der Waals surface area contributed by atoms with Gasteiger partial charge in [-0.2, -0.15) is 0 Å². The van der Waals surface area contributed by atoms with Gasteiger partial charge in [-0.25, -0.2) is 0 Å². The molecule has 0 heterocycles. The maximum absolute atomic E-state index is 11.9. The van der Waals surface area contributed by atoms with Gasteiger partial charge in [0.25, 0.3) is 0 Å². The largest absolute Gasteiger partial charge is 0.386 e. The van der Waals surface area contributed by atoms with E-state index in [0.29, 0.717) is 0 Å². The van der Waals surface area contributed by atoms with E-state index < -0.39 is 5.60 Å². The lowest BCUT2D eigenvalue weighted by Gasteiger charge is -2.29. The van der Waals surface area contributed by atoms with E-state index in [1.165, 1.54) is 43.4 Å². The van der Waals surface area contributed by atoms with Gasteiger partial charge in [-0.05, 0) is 159 Å². The maximum Gasteiger partial charge on any atom is 0.0847 e. The average Bonchev–Trinajstić information content (AvgIpc) is 3.27. The lowest BCUT2D eigenvalue weighted by Crippen LogP contribution is -2.18. The first-order valence-electron chi connectivity index (χ1n) is 19.9. The second-order valence-electron chi connectivity index (χ2n) is 15.5. The van der Waals surface area contributed by atoms with Gasteiger partial charge in [0.2, 0.25) is 0 Å². The van der Waals surface area contributed by atoms with Crippen LogP contribution in [0.4, 0.5) is 34.1 Å². The standard InChI is InChI=1S/C55H42N2O/c1-55(2,58)52-37-46(57(43-23-11-5-12-24-43)44-25-13-6-14-26-44)33-34-47(52)51-36-40-18-15-27-48-50(35-39-17-16-28-49(51)54(39)53(40)48)38-29-31-45(32-30-38)56(41-19-7-3-8-20-41)42-21-9-4-10-22-42/h3-37,58H,1-2H3. The number of benzene rings is 10. The zero-order chi connectivity index (χ0) is 39.2. The topological polar surface area (TPSA) is 26.7 Å². The third kappa shape index (κ3) is 6.23. The molecule has 0 saturated heterocycles. The molecule has 0 spiro atoms. The molecule has 0 radical (unpaired) electrons. The predicted molar refractivity (Wildman–Crippen MR) is 246 cm³/mol. The summed E-state index contributed by atoms with van der Waals surface area (Å²) in [7, 11) is 0. The second kappa shape index (κ2) is 14.4. The van der Waals surface area contributed by atoms with Crippen molar-refractivity contribution in [2.24, 2.45) is 0 Å². The Balaban J connectivity index is 1.11. The van der Waals surface area contributed by atoms with E-state index >= 15 is 0 Å². The van der Waals surface area contributed by atoms with Gasteiger partial charge in [0, 0.05) is 34.1 Å². The Morgan fingerprint density at radius 3 is 1.21 bits per heavy atom. The first-order valence-corrected chi connectivity index (χ1v) is 19.9. The van der Waals surface area contributed by atoms with Gasteiger partial charge in [0.1, 0.15) is 0 Å². The highest BCUT2D eigenvalue weighted by molar-refractivity contribution is 6.29. The van der Waals surface area contributed by atoms with Crippen LogP contribution in [0.2, 0.25) is 0 Å². The van der Waals surface area contributed by atoms with Crippen molar-refractivity contribution in [1.29, 1.82) is 0 Å². The fourth-order valence-corrected chi connectivity index (χ4v) is 8.72. The highest BCUT2D eigenvalue weighted by Gasteiger charge is 2.26. The molecule has 0 unspecified atom stereocenters. The molecule has 58 heavy (non-hydrogen) atoms. The van der Waals surface area contributed by atoms with Gasteiger partial charge in [0.15, 0.2) is 0 Å². The first kappa shape index (κ1) is 35.2. The second-order valence-corrected chi connectivity index (χ2v) is 15.5. The van der Waals surface area contributed by atoms with Crippen molar-refractivity contribution >= 4 is 66.4 Å². The fraction of sp³-hybridized carbons (Fsp3) is 0.0545. The predicted octanol–water partition coefficient (Wildman–Crippen LogP) is 15.1. The van der Waals surface area contributed by atoms with Crippen molar-refractivity contribution in [3.63, 3.8) is 0 Å². The summed E-state index contributed by atoms with van der Waals surface area (Å²) in [4.78, 5) is 4.55. The van der Waals surface area contributed by atoms with Gasteiger partial charge in [-0.1, -0.05) is 127 Å². The molecule has 278 valence electrons. The quantitative estimate of drug-likeness (QED) is 0.149. The number of aliphatic hydroxyl groups is 1. The number of hydrogen-bond donors (Lipinski definition) is 1. The maximum atomic E-state index is 11.9. The molecular formula is C55H42N2O. The Bertz CT molecular complexity index is 2930. The minimum Gasteiger partial charge on any atom is -0.386 e. The van der Waals surface area contributed by atoms with Gasteiger partial charge >= 0.3 is 0 Å². The van der Waals surface area contributed by atoms with Crippen molar-refractivity contribution in [2.45, 2.75) is 19.4 Å². The summed E-state index contributed by atoms with van der Waals surface area (Å²) in [6, 6.07) is 75.4. The van der Waals surface area contributed by atoms with Crippen molar-refractivity contribution in [3.8, 4) is 22.3 Å². The van der Waals surface area contributed by atoms with Crippen LogP contribution in [-0.2, 0) is 5.60 Å². The normalized spacial score (nSPS) is 11.7. The first-order chi connectivity index (χ1) is 28.4. The summed E-state index contributed by atoms with van der Waals surface area (Å²) >= 11 is 0. The van der Waals surface area contributed by atoms with Crippen molar-refractivity contribution in [1.82, 2.24) is 0 Å². The third-order valence-corrected chi connectivity index (χ3v) is 11.3. The van der Waals surface area contributed by atoms with E-state index in [1.54, 1.807) is 0 Å². The lowest BCUT2D eigenvalue weighted by molar-refractivity contribution is 0.0792. The number of anilines is 6. The molecule has 1 N–H and O–H groups in total. The summed E-state index contributed by atoms with van der Waals surface area (Å²) < 4.78 is 0. The summed E-state index contributed by atoms with van der Waals surface area (Å²) in [5.74, 6) is 0. The van der Waals surface area contributed by atoms with E-state index in [0.717, 1.165) is 50.8 Å². The van der Waals surface area contributed by atoms with Crippen LogP contribution < -0.4 is 9.80 Å². The summed E-state index contributed by atoms with van der Waals surface area (Å²) in [5, 5.41) is 19.2. The third-order valence-electron chi connectivity index (χ3n) is 11.3. The molecule has 10 rings (SSSR count). The van der Waals surface area contributed by atoms with Crippen LogP contribution in [0.25, 0.3) is 54.6 Å². The van der Waals surface area contributed by atoms with Crippen LogP contribution in [0.15, 0.2) is 212 Å². The number of rotatable bonds is 9. The van der Waals surface area contributed by atoms with E-state index in [1.807, 2.05) is 26.0 Å². The highest BCUT2D eigenvalue weighted by atomic mass is 16.3. The Labute approximate surface area is 339 Å². The fourth-order valence-electron chi connectivity index (χ4n) is 8.72. The molecule has 0 aliphatic rings. The Kier molecular flexibility index (Phi) is 8.74. The zero-order valence-corrected chi connectivity index (χ0v) is 32.5. The van der Waals surface area contributed by atoms with Gasteiger partial charge in [-0.15, -0.1) is 0 Å². The average molecular weight is 747 g/mol. The summed E-state index contributed by atoms with van der Waals surface area (Å²) in [6.45, 7) is 3.78. The number of para-hydroxylation sites is 4. The SMILES string of the molecule is CC(C)(O)c1cc(N(c2ccccc2)c2ccccc2)ccc1-c1cc2cccc3c(-c4ccc(N(c5ccccc5)c5ccccc5)cc4)cc4cccc1c4c23. The summed E-state index contributed by atoms with van der Waals surface area (Å²) in [6.07, 6.45) is 0. The lowest BCUT2D eigenvalue weighted by atomic mass is 9.83. The Morgan fingerprint density at radius 2 is 0.741 bits per heavy atom. The van der Waals surface area contributed by atoms with Crippen LogP contribution in [0.3, 0.4) is 0 Å². The molecule has 0 amide bonds. The minimum atomic E-state index is -1.11. The monoisotopic (exact) mass is 746 g/mol. The molecular weight excluding hydrogens is 705 g/mol. The van der Waals surface area contributed by atoms with Crippen LogP contribution >= 0.6 is 0 Å². The zero-order valence-electron chi connectivity index (χ0n) is 32.5. The Morgan fingerprint density at radius 1 is 0.345 bits per heavy atom. The minimum absolute atomic E-state index is 0.873. The smallest absolute Gasteiger partial charge is 0.0847 e. The van der Waals surface area contributed by atoms with Crippen LogP contribution in [-0.4, -0.2) is 5.11 Å². The molecule has 0 aromatic heterocycles. The summed E-state index contributed by atoms with van der Waals surface area (Å²) in [5.41, 5.74) is 10.7. The molecule has 10 aromatic carbocycles. The molecule has 3 heteroatoms. The van der Waals surface area contributed by atoms with Crippen LogP contribution in [0, 0.1) is 0 Å². The van der Waals surface area contributed by atoms with Gasteiger partial charge in [0.05, 0.1) is 5.60 Å². The molecule has 0 aliphatic heterocycles. The molecule has 0 fully saturated rings. The van der Waals surface area contributed by atoms with Crippen LogP contribution in [0.1, 0.15) is 19.4 Å². The number of nitrogens with zero attached hydrogens (tertiary/aromatic N) is 2. The van der Waals surface area contributed by atoms with Gasteiger partial charge in [-0.3, -0.25) is 0 Å². The number of hydrogen-bond acceptors (Lipinski definition) is 3. The van der Waals surface area contributed by atoms with E-state index in [-0.39, 0.29) is 0 Å². The molecule has 0 bridgehead atoms. The van der Waals surface area contributed by atoms with Gasteiger partial charge < -0.3 is 14.9 Å². The van der Waals surface area contributed by atoms with Crippen molar-refractivity contribution < 1.29 is 5.11 Å². The van der Waals surface area contributed by atoms with E-state index in [4.69, 9.17) is 0 Å². The molecule has 3 nitrogen and oxygen atoms in total. The molecule has 0 aliphatic carbocycles. The van der Waals surface area contributed by atoms with Crippen LogP contribution in [0.5, 0.6) is 0 Å². The Hall–Kier alpha value is -7.20. The van der Waals surface area contributed by atoms with Crippen molar-refractivity contribution in [3.05, 3.63) is 218 Å².